The molecule has 22 heavy (non-hydrogen) atoms. The molecule has 4 rings (SSSR count). The molecule has 1 saturated heterocycles. The van der Waals surface area contributed by atoms with Gasteiger partial charge in [0.05, 0.1) is 0 Å². The molecule has 2 heterocycles. The van der Waals surface area contributed by atoms with Crippen LogP contribution in [-0.4, -0.2) is 32.7 Å². The van der Waals surface area contributed by atoms with Gasteiger partial charge in [0.2, 0.25) is 0 Å². The van der Waals surface area contributed by atoms with Crippen molar-refractivity contribution in [1.29, 1.82) is 0 Å². The number of hydrogen-bond donors (Lipinski definition) is 1. The van der Waals surface area contributed by atoms with Gasteiger partial charge in [-0.3, -0.25) is 0 Å². The number of piperazine rings is 1. The lowest BCUT2D eigenvalue weighted by molar-refractivity contribution is 0.653. The summed E-state index contributed by atoms with van der Waals surface area (Å²) >= 11 is 6.10. The van der Waals surface area contributed by atoms with Gasteiger partial charge in [0, 0.05) is 54.8 Å². The largest absolute Gasteiger partial charge is 0.384 e. The predicted octanol–water partition coefficient (Wildman–Crippen LogP) is 3.63. The van der Waals surface area contributed by atoms with Gasteiger partial charge in [-0.15, -0.1) is 0 Å². The van der Waals surface area contributed by atoms with E-state index < -0.39 is 0 Å². The first-order valence-electron chi connectivity index (χ1n) is 7.92. The van der Waals surface area contributed by atoms with Gasteiger partial charge in [-0.1, -0.05) is 17.7 Å². The predicted molar refractivity (Wildman–Crippen MR) is 94.5 cm³/mol. The highest BCUT2D eigenvalue weighted by Gasteiger charge is 2.19. The Morgan fingerprint density at radius 2 is 1.59 bits per heavy atom. The van der Waals surface area contributed by atoms with E-state index in [9.17, 15) is 0 Å². The summed E-state index contributed by atoms with van der Waals surface area (Å²) in [6, 6.07) is 15.0. The van der Waals surface area contributed by atoms with Gasteiger partial charge >= 0.3 is 0 Å². The highest BCUT2D eigenvalue weighted by molar-refractivity contribution is 6.30. The normalized spacial score (nSPS) is 17.3. The summed E-state index contributed by atoms with van der Waals surface area (Å²) in [6.07, 6.45) is 1.14. The Kier molecular flexibility index (Phi) is 3.59. The number of halogens is 1. The first-order chi connectivity index (χ1) is 10.8. The number of benzene rings is 2. The van der Waals surface area contributed by atoms with Crippen molar-refractivity contribution >= 4 is 28.7 Å². The monoisotopic (exact) mass is 313 g/mol. The Labute approximate surface area is 136 Å². The molecule has 2 aliphatic rings. The van der Waals surface area contributed by atoms with E-state index in [0.29, 0.717) is 0 Å². The summed E-state index contributed by atoms with van der Waals surface area (Å²) in [4.78, 5) is 4.90. The van der Waals surface area contributed by atoms with Crippen LogP contribution in [0.25, 0.3) is 0 Å². The van der Waals surface area contributed by atoms with Gasteiger partial charge in [0.25, 0.3) is 0 Å². The lowest BCUT2D eigenvalue weighted by Gasteiger charge is -2.37. The maximum atomic E-state index is 6.10. The zero-order valence-corrected chi connectivity index (χ0v) is 13.3. The maximum absolute atomic E-state index is 6.10. The van der Waals surface area contributed by atoms with Crippen molar-refractivity contribution in [3.05, 3.63) is 53.1 Å². The van der Waals surface area contributed by atoms with E-state index in [2.05, 4.69) is 45.4 Å². The summed E-state index contributed by atoms with van der Waals surface area (Å²) in [6.45, 7) is 5.25. The van der Waals surface area contributed by atoms with Crippen molar-refractivity contribution in [2.75, 3.05) is 47.8 Å². The fraction of sp³-hybridized carbons (Fsp3) is 0.333. The third-order valence-corrected chi connectivity index (χ3v) is 4.85. The second-order valence-corrected chi connectivity index (χ2v) is 6.41. The number of fused-ring (bicyclic) bond motifs is 1. The van der Waals surface area contributed by atoms with Crippen LogP contribution in [0.15, 0.2) is 42.5 Å². The Morgan fingerprint density at radius 1 is 0.864 bits per heavy atom. The summed E-state index contributed by atoms with van der Waals surface area (Å²) in [5, 5.41) is 4.24. The minimum Gasteiger partial charge on any atom is -0.384 e. The molecule has 2 aromatic rings. The van der Waals surface area contributed by atoms with E-state index >= 15 is 0 Å². The van der Waals surface area contributed by atoms with Crippen LogP contribution in [0.4, 0.5) is 17.1 Å². The number of rotatable bonds is 2. The second kappa shape index (κ2) is 5.73. The average Bonchev–Trinajstić information content (AvgIpc) is 3.02. The molecule has 114 valence electrons. The molecule has 0 bridgehead atoms. The molecule has 4 heteroatoms. The highest BCUT2D eigenvalue weighted by atomic mass is 35.5. The topological polar surface area (TPSA) is 18.5 Å². The first kappa shape index (κ1) is 13.8. The van der Waals surface area contributed by atoms with Gasteiger partial charge in [-0.2, -0.15) is 0 Å². The number of anilines is 3. The average molecular weight is 314 g/mol. The van der Waals surface area contributed by atoms with Crippen LogP contribution in [0.3, 0.4) is 0 Å². The minimum atomic E-state index is 0.811. The number of nitrogens with one attached hydrogen (secondary N) is 1. The lowest BCUT2D eigenvalue weighted by atomic mass is 10.1. The van der Waals surface area contributed by atoms with E-state index in [1.807, 2.05) is 12.1 Å². The number of nitrogens with zero attached hydrogens (tertiary/aromatic N) is 2. The molecular formula is C18H20ClN3. The van der Waals surface area contributed by atoms with E-state index in [1.54, 1.807) is 0 Å². The van der Waals surface area contributed by atoms with Crippen LogP contribution in [0.5, 0.6) is 0 Å². The van der Waals surface area contributed by atoms with E-state index in [-0.39, 0.29) is 0 Å². The van der Waals surface area contributed by atoms with Gasteiger partial charge in [-0.05, 0) is 48.4 Å². The van der Waals surface area contributed by atoms with Crippen molar-refractivity contribution in [3.8, 4) is 0 Å². The molecule has 2 aromatic carbocycles. The summed E-state index contributed by atoms with van der Waals surface area (Å²) < 4.78 is 0. The van der Waals surface area contributed by atoms with Crippen LogP contribution in [-0.2, 0) is 6.42 Å². The summed E-state index contributed by atoms with van der Waals surface area (Å²) in [5.41, 5.74) is 5.34. The summed E-state index contributed by atoms with van der Waals surface area (Å²) in [5.74, 6) is 0. The molecule has 3 nitrogen and oxygen atoms in total. The molecule has 0 amide bonds. The number of hydrogen-bond acceptors (Lipinski definition) is 3. The van der Waals surface area contributed by atoms with Crippen LogP contribution < -0.4 is 15.1 Å². The molecule has 0 radical (unpaired) electrons. The van der Waals surface area contributed by atoms with Crippen LogP contribution in [0, 0.1) is 0 Å². The van der Waals surface area contributed by atoms with Crippen molar-refractivity contribution < 1.29 is 0 Å². The molecule has 0 atom stereocenters. The zero-order valence-electron chi connectivity index (χ0n) is 12.6. The first-order valence-corrected chi connectivity index (χ1v) is 8.30. The van der Waals surface area contributed by atoms with Crippen molar-refractivity contribution in [3.63, 3.8) is 0 Å². The quantitative estimate of drug-likeness (QED) is 0.913. The third-order valence-electron chi connectivity index (χ3n) is 4.62. The molecule has 1 N–H and O–H groups in total. The second-order valence-electron chi connectivity index (χ2n) is 5.97. The smallest absolute Gasteiger partial charge is 0.0426 e. The molecule has 0 aromatic heterocycles. The lowest BCUT2D eigenvalue weighted by Crippen LogP contribution is -2.46. The van der Waals surface area contributed by atoms with Crippen LogP contribution >= 0.6 is 11.6 Å². The molecular weight excluding hydrogens is 294 g/mol. The van der Waals surface area contributed by atoms with Gasteiger partial charge in [0.1, 0.15) is 0 Å². The zero-order chi connectivity index (χ0) is 14.9. The molecule has 1 fully saturated rings. The molecule has 0 unspecified atom stereocenters. The fourth-order valence-corrected chi connectivity index (χ4v) is 3.57. The molecule has 0 spiro atoms. The third kappa shape index (κ3) is 2.61. The summed E-state index contributed by atoms with van der Waals surface area (Å²) in [7, 11) is 0. The van der Waals surface area contributed by atoms with E-state index in [1.165, 1.54) is 22.6 Å². The molecule has 2 aliphatic heterocycles. The van der Waals surface area contributed by atoms with Crippen molar-refractivity contribution in [2.45, 2.75) is 6.42 Å². The van der Waals surface area contributed by atoms with Gasteiger partial charge < -0.3 is 15.1 Å². The highest BCUT2D eigenvalue weighted by Crippen LogP contribution is 2.28. The Balaban J connectivity index is 1.45. The minimum absolute atomic E-state index is 0.811. The van der Waals surface area contributed by atoms with Gasteiger partial charge in [0.15, 0.2) is 0 Å². The maximum Gasteiger partial charge on any atom is 0.0426 e. The molecule has 0 saturated carbocycles. The van der Waals surface area contributed by atoms with E-state index in [4.69, 9.17) is 11.6 Å². The Hall–Kier alpha value is -1.87. The SMILES string of the molecule is Clc1cccc(N2CCN(c3ccc4c(c3)CCN4)CC2)c1. The van der Waals surface area contributed by atoms with Crippen molar-refractivity contribution in [1.82, 2.24) is 0 Å². The van der Waals surface area contributed by atoms with Crippen LogP contribution in [0.2, 0.25) is 5.02 Å². The fourth-order valence-electron chi connectivity index (χ4n) is 3.38. The Bertz CT molecular complexity index is 678. The van der Waals surface area contributed by atoms with Crippen molar-refractivity contribution in [2.24, 2.45) is 0 Å². The van der Waals surface area contributed by atoms with Gasteiger partial charge in [-0.25, -0.2) is 0 Å². The standard InChI is InChI=1S/C18H20ClN3/c19-15-2-1-3-16(13-15)21-8-10-22(11-9-21)17-4-5-18-14(12-17)6-7-20-18/h1-5,12-13,20H,6-11H2. The van der Waals surface area contributed by atoms with E-state index in [0.717, 1.165) is 44.2 Å². The van der Waals surface area contributed by atoms with Crippen LogP contribution in [0.1, 0.15) is 5.56 Å². The molecule has 0 aliphatic carbocycles. The Morgan fingerprint density at radius 3 is 2.32 bits per heavy atom.